The number of rotatable bonds is 5. The van der Waals surface area contributed by atoms with Crippen LogP contribution in [0.15, 0.2) is 71.8 Å². The van der Waals surface area contributed by atoms with Gasteiger partial charge in [-0.15, -0.1) is 0 Å². The number of aryl methyl sites for hydroxylation is 1. The Labute approximate surface area is 183 Å². The van der Waals surface area contributed by atoms with E-state index in [1.165, 1.54) is 24.3 Å². The Morgan fingerprint density at radius 1 is 0.875 bits per heavy atom. The van der Waals surface area contributed by atoms with Crippen molar-refractivity contribution in [2.45, 2.75) is 6.92 Å². The summed E-state index contributed by atoms with van der Waals surface area (Å²) in [4.78, 5) is 36.9. The highest BCUT2D eigenvalue weighted by atomic mass is 16.3. The molecule has 0 saturated heterocycles. The van der Waals surface area contributed by atoms with Crippen LogP contribution >= 0.6 is 0 Å². The van der Waals surface area contributed by atoms with E-state index < -0.39 is 17.7 Å². The lowest BCUT2D eigenvalue weighted by atomic mass is 10.1. The first-order chi connectivity index (χ1) is 15.3. The quantitative estimate of drug-likeness (QED) is 0.240. The summed E-state index contributed by atoms with van der Waals surface area (Å²) in [6.07, 6.45) is 1.11. The summed E-state index contributed by atoms with van der Waals surface area (Å²) >= 11 is 0. The van der Waals surface area contributed by atoms with Gasteiger partial charge in [0.15, 0.2) is 0 Å². The fourth-order valence-corrected chi connectivity index (χ4v) is 2.74. The lowest BCUT2D eigenvalue weighted by molar-refractivity contribution is -0.136. The average Bonchev–Trinajstić information content (AvgIpc) is 2.75. The Bertz CT molecular complexity index is 1210. The number of nitrogens with one attached hydrogen (secondary N) is 3. The molecule has 3 amide bonds. The zero-order valence-corrected chi connectivity index (χ0v) is 17.0. The molecule has 0 bridgehead atoms. The first-order valence-electron chi connectivity index (χ1n) is 9.47. The number of aromatic hydroxyl groups is 2. The molecule has 0 radical (unpaired) electrons. The first kappa shape index (κ1) is 22.0. The van der Waals surface area contributed by atoms with Gasteiger partial charge >= 0.3 is 11.8 Å². The Kier molecular flexibility index (Phi) is 6.81. The van der Waals surface area contributed by atoms with Crippen molar-refractivity contribution in [3.05, 3.63) is 83.4 Å². The summed E-state index contributed by atoms with van der Waals surface area (Å²) in [5.74, 6) is -2.94. The zero-order chi connectivity index (χ0) is 23.1. The third kappa shape index (κ3) is 5.70. The van der Waals surface area contributed by atoms with Crippen LogP contribution in [0.25, 0.3) is 0 Å². The van der Waals surface area contributed by atoms with Gasteiger partial charge in [-0.25, -0.2) is 5.43 Å². The number of nitrogens with zero attached hydrogens (tertiary/aromatic N) is 1. The number of phenolic OH excluding ortho intramolecular Hbond substituents is 2. The molecule has 9 nitrogen and oxygen atoms in total. The highest BCUT2D eigenvalue weighted by Crippen LogP contribution is 2.21. The van der Waals surface area contributed by atoms with Crippen LogP contribution in [0.4, 0.5) is 11.4 Å². The van der Waals surface area contributed by atoms with Crippen molar-refractivity contribution in [1.82, 2.24) is 5.43 Å². The average molecular weight is 432 g/mol. The van der Waals surface area contributed by atoms with Crippen LogP contribution in [0.3, 0.4) is 0 Å². The minimum atomic E-state index is -1.08. The largest absolute Gasteiger partial charge is 0.508 e. The Morgan fingerprint density at radius 3 is 2.41 bits per heavy atom. The van der Waals surface area contributed by atoms with E-state index in [-0.39, 0.29) is 28.3 Å². The third-order valence-corrected chi connectivity index (χ3v) is 4.29. The second-order valence-corrected chi connectivity index (χ2v) is 6.77. The highest BCUT2D eigenvalue weighted by Gasteiger charge is 2.18. The van der Waals surface area contributed by atoms with E-state index in [0.717, 1.165) is 17.8 Å². The van der Waals surface area contributed by atoms with Gasteiger partial charge in [-0.05, 0) is 48.9 Å². The number of hydrazone groups is 1. The maximum atomic E-state index is 12.7. The molecule has 3 aromatic carbocycles. The Morgan fingerprint density at radius 2 is 1.66 bits per heavy atom. The monoisotopic (exact) mass is 432 g/mol. The molecule has 0 spiro atoms. The van der Waals surface area contributed by atoms with Gasteiger partial charge in [0.25, 0.3) is 5.91 Å². The van der Waals surface area contributed by atoms with E-state index in [9.17, 15) is 24.6 Å². The van der Waals surface area contributed by atoms with Crippen molar-refractivity contribution in [3.63, 3.8) is 0 Å². The van der Waals surface area contributed by atoms with Crippen LogP contribution in [0.1, 0.15) is 21.5 Å². The SMILES string of the molecule is Cc1cccc(NC(=O)c2ccccc2NC(=O)C(=O)N/N=C/c2ccc(O)cc2O)c1. The van der Waals surface area contributed by atoms with E-state index in [4.69, 9.17) is 0 Å². The fourth-order valence-electron chi connectivity index (χ4n) is 2.74. The molecule has 3 aromatic rings. The fraction of sp³-hybridized carbons (Fsp3) is 0.0435. The topological polar surface area (TPSA) is 140 Å². The predicted octanol–water partition coefficient (Wildman–Crippen LogP) is 2.75. The number of carbonyl (C=O) groups excluding carboxylic acids is 3. The van der Waals surface area contributed by atoms with Crippen molar-refractivity contribution in [2.24, 2.45) is 5.10 Å². The van der Waals surface area contributed by atoms with Gasteiger partial charge in [0, 0.05) is 17.3 Å². The number of carbonyl (C=O) groups is 3. The van der Waals surface area contributed by atoms with Crippen molar-refractivity contribution in [1.29, 1.82) is 0 Å². The molecule has 0 aromatic heterocycles. The molecule has 9 heteroatoms. The predicted molar refractivity (Wildman–Crippen MR) is 120 cm³/mol. The molecular weight excluding hydrogens is 412 g/mol. The summed E-state index contributed by atoms with van der Waals surface area (Å²) in [6.45, 7) is 1.90. The van der Waals surface area contributed by atoms with Crippen LogP contribution in [0, 0.1) is 6.92 Å². The molecule has 0 fully saturated rings. The Hall–Kier alpha value is -4.66. The van der Waals surface area contributed by atoms with Gasteiger partial charge in [0.2, 0.25) is 0 Å². The van der Waals surface area contributed by atoms with Gasteiger partial charge in [-0.2, -0.15) is 5.10 Å². The van der Waals surface area contributed by atoms with Gasteiger partial charge < -0.3 is 20.8 Å². The number of amides is 3. The summed E-state index contributed by atoms with van der Waals surface area (Å²) in [5, 5.41) is 27.7. The van der Waals surface area contributed by atoms with E-state index in [0.29, 0.717) is 5.69 Å². The second-order valence-electron chi connectivity index (χ2n) is 6.77. The second kappa shape index (κ2) is 9.90. The summed E-state index contributed by atoms with van der Waals surface area (Å²) in [6, 6.07) is 17.3. The number of anilines is 2. The van der Waals surface area contributed by atoms with Crippen LogP contribution in [0.5, 0.6) is 11.5 Å². The molecule has 0 saturated carbocycles. The van der Waals surface area contributed by atoms with E-state index >= 15 is 0 Å². The third-order valence-electron chi connectivity index (χ3n) is 4.29. The first-order valence-corrected chi connectivity index (χ1v) is 9.47. The number of para-hydroxylation sites is 1. The molecule has 162 valence electrons. The molecule has 3 rings (SSSR count). The van der Waals surface area contributed by atoms with Gasteiger partial charge in [0.05, 0.1) is 17.5 Å². The summed E-state index contributed by atoms with van der Waals surface area (Å²) < 4.78 is 0. The van der Waals surface area contributed by atoms with E-state index in [1.54, 1.807) is 30.3 Å². The van der Waals surface area contributed by atoms with Crippen molar-refractivity contribution < 1.29 is 24.6 Å². The molecule has 0 heterocycles. The lowest BCUT2D eigenvalue weighted by Crippen LogP contribution is -2.33. The van der Waals surface area contributed by atoms with E-state index in [2.05, 4.69) is 15.7 Å². The van der Waals surface area contributed by atoms with Crippen LogP contribution in [-0.4, -0.2) is 34.1 Å². The Balaban J connectivity index is 1.65. The highest BCUT2D eigenvalue weighted by molar-refractivity contribution is 6.40. The number of hydrogen-bond acceptors (Lipinski definition) is 6. The number of benzene rings is 3. The molecule has 0 atom stereocenters. The molecule has 0 aliphatic carbocycles. The minimum Gasteiger partial charge on any atom is -0.508 e. The van der Waals surface area contributed by atoms with E-state index in [1.807, 2.05) is 18.4 Å². The van der Waals surface area contributed by atoms with Crippen LogP contribution in [-0.2, 0) is 9.59 Å². The summed E-state index contributed by atoms with van der Waals surface area (Å²) in [7, 11) is 0. The normalized spacial score (nSPS) is 10.5. The minimum absolute atomic E-state index is 0.131. The molecular formula is C23H20N4O5. The zero-order valence-electron chi connectivity index (χ0n) is 17.0. The molecule has 32 heavy (non-hydrogen) atoms. The number of phenols is 2. The molecule has 0 aliphatic heterocycles. The maximum absolute atomic E-state index is 12.7. The van der Waals surface area contributed by atoms with Crippen LogP contribution < -0.4 is 16.1 Å². The van der Waals surface area contributed by atoms with Crippen molar-refractivity contribution >= 4 is 35.3 Å². The molecule has 5 N–H and O–H groups in total. The lowest BCUT2D eigenvalue weighted by Gasteiger charge is -2.11. The number of hydrogen-bond donors (Lipinski definition) is 5. The molecule has 0 unspecified atom stereocenters. The smallest absolute Gasteiger partial charge is 0.329 e. The molecule has 0 aliphatic rings. The van der Waals surface area contributed by atoms with Crippen molar-refractivity contribution in [3.8, 4) is 11.5 Å². The van der Waals surface area contributed by atoms with Crippen LogP contribution in [0.2, 0.25) is 0 Å². The van der Waals surface area contributed by atoms with Gasteiger partial charge in [-0.3, -0.25) is 14.4 Å². The van der Waals surface area contributed by atoms with Gasteiger partial charge in [0.1, 0.15) is 11.5 Å². The maximum Gasteiger partial charge on any atom is 0.329 e. The van der Waals surface area contributed by atoms with Crippen molar-refractivity contribution in [2.75, 3.05) is 10.6 Å². The summed E-state index contributed by atoms with van der Waals surface area (Å²) in [5.41, 5.74) is 4.15. The van der Waals surface area contributed by atoms with Gasteiger partial charge in [-0.1, -0.05) is 24.3 Å². The standard InChI is InChI=1S/C23H20N4O5/c1-14-5-4-6-16(11-14)25-21(30)18-7-2-3-8-19(18)26-22(31)23(32)27-24-13-15-9-10-17(28)12-20(15)29/h2-13,28-29H,1H3,(H,25,30)(H,26,31)(H,27,32)/b24-13+.